The lowest BCUT2D eigenvalue weighted by molar-refractivity contribution is -0.149. The van der Waals surface area contributed by atoms with Gasteiger partial charge in [0.2, 0.25) is 0 Å². The summed E-state index contributed by atoms with van der Waals surface area (Å²) in [6.45, 7) is 5.53. The Morgan fingerprint density at radius 3 is 2.75 bits per heavy atom. The predicted molar refractivity (Wildman–Crippen MR) is 45.9 cm³/mol. The van der Waals surface area contributed by atoms with Crippen LogP contribution >= 0.6 is 0 Å². The normalized spacial score (nSPS) is 36.1. The Hall–Kier alpha value is -0.610. The molecule has 12 heavy (non-hydrogen) atoms. The topological polar surface area (TPSA) is 50.4 Å². The van der Waals surface area contributed by atoms with Crippen molar-refractivity contribution in [2.24, 2.45) is 0 Å². The van der Waals surface area contributed by atoms with E-state index in [1.807, 2.05) is 13.8 Å². The minimum Gasteiger partial charge on any atom is -0.468 e. The van der Waals surface area contributed by atoms with Gasteiger partial charge >= 0.3 is 5.97 Å². The molecule has 1 aliphatic heterocycles. The highest BCUT2D eigenvalue weighted by atomic mass is 16.5. The maximum atomic E-state index is 11.4. The van der Waals surface area contributed by atoms with Crippen molar-refractivity contribution >= 4 is 5.97 Å². The van der Waals surface area contributed by atoms with E-state index in [-0.39, 0.29) is 12.0 Å². The second kappa shape index (κ2) is 3.41. The van der Waals surface area contributed by atoms with E-state index in [1.165, 1.54) is 7.11 Å². The molecule has 4 heteroatoms. The number of hydrogen-bond acceptors (Lipinski definition) is 4. The minimum atomic E-state index is -0.576. The van der Waals surface area contributed by atoms with Crippen molar-refractivity contribution in [3.8, 4) is 0 Å². The molecule has 2 unspecified atom stereocenters. The molecular formula is C8H16N2O2. The first-order valence-corrected chi connectivity index (χ1v) is 4.18. The minimum absolute atomic E-state index is 0.110. The zero-order valence-corrected chi connectivity index (χ0v) is 7.81. The third kappa shape index (κ3) is 1.44. The predicted octanol–water partition coefficient (Wildman–Crippen LogP) is -0.501. The van der Waals surface area contributed by atoms with Crippen molar-refractivity contribution in [3.63, 3.8) is 0 Å². The van der Waals surface area contributed by atoms with Crippen LogP contribution in [0, 0.1) is 0 Å². The third-order valence-electron chi connectivity index (χ3n) is 2.54. The van der Waals surface area contributed by atoms with Crippen LogP contribution < -0.4 is 10.6 Å². The molecule has 0 amide bonds. The lowest BCUT2D eigenvalue weighted by Crippen LogP contribution is -2.67. The highest BCUT2D eigenvalue weighted by Crippen LogP contribution is 2.14. The van der Waals surface area contributed by atoms with E-state index in [4.69, 9.17) is 4.74 Å². The van der Waals surface area contributed by atoms with E-state index < -0.39 is 5.54 Å². The SMILES string of the molecule is COC(=O)C1(C)NCCNC1C. The quantitative estimate of drug-likeness (QED) is 0.523. The highest BCUT2D eigenvalue weighted by molar-refractivity contribution is 5.81. The van der Waals surface area contributed by atoms with Crippen LogP contribution in [-0.2, 0) is 9.53 Å². The summed E-state index contributed by atoms with van der Waals surface area (Å²) in [7, 11) is 1.41. The van der Waals surface area contributed by atoms with Gasteiger partial charge in [-0.3, -0.25) is 10.1 Å². The molecular weight excluding hydrogens is 156 g/mol. The van der Waals surface area contributed by atoms with E-state index in [0.717, 1.165) is 13.1 Å². The highest BCUT2D eigenvalue weighted by Gasteiger charge is 2.41. The first kappa shape index (κ1) is 9.48. The van der Waals surface area contributed by atoms with Gasteiger partial charge in [-0.05, 0) is 13.8 Å². The maximum Gasteiger partial charge on any atom is 0.327 e. The summed E-state index contributed by atoms with van der Waals surface area (Å²) >= 11 is 0. The van der Waals surface area contributed by atoms with Crippen LogP contribution in [0.4, 0.5) is 0 Å². The number of ether oxygens (including phenoxy) is 1. The number of rotatable bonds is 1. The van der Waals surface area contributed by atoms with Gasteiger partial charge in [0.25, 0.3) is 0 Å². The molecule has 0 radical (unpaired) electrons. The molecule has 0 aromatic carbocycles. The van der Waals surface area contributed by atoms with Gasteiger partial charge in [-0.25, -0.2) is 0 Å². The summed E-state index contributed by atoms with van der Waals surface area (Å²) in [5, 5.41) is 6.38. The van der Waals surface area contributed by atoms with Crippen LogP contribution in [-0.4, -0.2) is 37.7 Å². The summed E-state index contributed by atoms with van der Waals surface area (Å²) in [4.78, 5) is 11.4. The largest absolute Gasteiger partial charge is 0.468 e. The molecule has 4 nitrogen and oxygen atoms in total. The molecule has 0 bridgehead atoms. The number of piperazine rings is 1. The summed E-state index contributed by atoms with van der Waals surface area (Å²) in [5.74, 6) is -0.206. The lowest BCUT2D eigenvalue weighted by Gasteiger charge is -2.38. The van der Waals surface area contributed by atoms with Crippen LogP contribution in [0.15, 0.2) is 0 Å². The fourth-order valence-corrected chi connectivity index (χ4v) is 1.43. The Morgan fingerprint density at radius 1 is 1.58 bits per heavy atom. The van der Waals surface area contributed by atoms with Crippen LogP contribution in [0.1, 0.15) is 13.8 Å². The molecule has 0 saturated carbocycles. The average molecular weight is 172 g/mol. The molecule has 0 aliphatic carbocycles. The van der Waals surface area contributed by atoms with Crippen molar-refractivity contribution < 1.29 is 9.53 Å². The van der Waals surface area contributed by atoms with Crippen LogP contribution in [0.5, 0.6) is 0 Å². The Morgan fingerprint density at radius 2 is 2.25 bits per heavy atom. The molecule has 0 spiro atoms. The van der Waals surface area contributed by atoms with E-state index in [9.17, 15) is 4.79 Å². The number of carbonyl (C=O) groups is 1. The Bertz CT molecular complexity index is 184. The van der Waals surface area contributed by atoms with E-state index >= 15 is 0 Å². The van der Waals surface area contributed by atoms with Gasteiger partial charge in [0.15, 0.2) is 0 Å². The molecule has 1 rings (SSSR count). The first-order valence-electron chi connectivity index (χ1n) is 4.18. The monoisotopic (exact) mass is 172 g/mol. The van der Waals surface area contributed by atoms with Crippen molar-refractivity contribution in [2.45, 2.75) is 25.4 Å². The average Bonchev–Trinajstić information content (AvgIpc) is 2.09. The Kier molecular flexibility index (Phi) is 2.69. The van der Waals surface area contributed by atoms with Gasteiger partial charge in [-0.15, -0.1) is 0 Å². The molecule has 1 heterocycles. The van der Waals surface area contributed by atoms with Gasteiger partial charge in [0, 0.05) is 19.1 Å². The van der Waals surface area contributed by atoms with Gasteiger partial charge in [0.05, 0.1) is 7.11 Å². The number of nitrogens with one attached hydrogen (secondary N) is 2. The van der Waals surface area contributed by atoms with E-state index in [1.54, 1.807) is 0 Å². The van der Waals surface area contributed by atoms with Crippen LogP contribution in [0.25, 0.3) is 0 Å². The van der Waals surface area contributed by atoms with E-state index in [0.29, 0.717) is 0 Å². The Labute approximate surface area is 72.7 Å². The number of hydrogen-bond donors (Lipinski definition) is 2. The zero-order valence-electron chi connectivity index (χ0n) is 7.81. The number of carbonyl (C=O) groups excluding carboxylic acids is 1. The summed E-state index contributed by atoms with van der Waals surface area (Å²) in [6.07, 6.45) is 0. The fourth-order valence-electron chi connectivity index (χ4n) is 1.43. The summed E-state index contributed by atoms with van der Waals surface area (Å²) in [6, 6.07) is 0.110. The smallest absolute Gasteiger partial charge is 0.327 e. The molecule has 0 aromatic heterocycles. The van der Waals surface area contributed by atoms with E-state index in [2.05, 4.69) is 10.6 Å². The van der Waals surface area contributed by atoms with Gasteiger partial charge < -0.3 is 10.1 Å². The van der Waals surface area contributed by atoms with Crippen molar-refractivity contribution in [3.05, 3.63) is 0 Å². The van der Waals surface area contributed by atoms with Gasteiger partial charge in [-0.2, -0.15) is 0 Å². The van der Waals surface area contributed by atoms with Crippen LogP contribution in [0.2, 0.25) is 0 Å². The van der Waals surface area contributed by atoms with Gasteiger partial charge in [0.1, 0.15) is 5.54 Å². The molecule has 1 aliphatic rings. The summed E-state index contributed by atoms with van der Waals surface area (Å²) < 4.78 is 4.72. The van der Waals surface area contributed by atoms with Crippen molar-refractivity contribution in [1.82, 2.24) is 10.6 Å². The molecule has 1 fully saturated rings. The second-order valence-electron chi connectivity index (χ2n) is 3.30. The van der Waals surface area contributed by atoms with Crippen molar-refractivity contribution in [1.29, 1.82) is 0 Å². The first-order chi connectivity index (χ1) is 5.61. The zero-order chi connectivity index (χ0) is 9.19. The van der Waals surface area contributed by atoms with Crippen LogP contribution in [0.3, 0.4) is 0 Å². The Balaban J connectivity index is 2.72. The summed E-state index contributed by atoms with van der Waals surface area (Å²) in [5.41, 5.74) is -0.576. The van der Waals surface area contributed by atoms with Crippen molar-refractivity contribution in [2.75, 3.05) is 20.2 Å². The fraction of sp³-hybridized carbons (Fsp3) is 0.875. The maximum absolute atomic E-state index is 11.4. The molecule has 2 atom stereocenters. The molecule has 70 valence electrons. The lowest BCUT2D eigenvalue weighted by atomic mass is 9.91. The number of esters is 1. The standard InChI is InChI=1S/C8H16N2O2/c1-6-8(2,7(11)12-3)10-5-4-9-6/h6,9-10H,4-5H2,1-3H3. The molecule has 1 saturated heterocycles. The second-order valence-corrected chi connectivity index (χ2v) is 3.30. The van der Waals surface area contributed by atoms with Gasteiger partial charge in [-0.1, -0.05) is 0 Å². The molecule has 2 N–H and O–H groups in total. The molecule has 0 aromatic rings. The third-order valence-corrected chi connectivity index (χ3v) is 2.54. The number of methoxy groups -OCH3 is 1.